The van der Waals surface area contributed by atoms with Crippen molar-refractivity contribution in [2.24, 2.45) is 7.05 Å². The second-order valence-electron chi connectivity index (χ2n) is 10.1. The molecule has 2 heterocycles. The van der Waals surface area contributed by atoms with E-state index in [0.29, 0.717) is 16.8 Å². The molecule has 0 saturated heterocycles. The molecule has 2 amide bonds. The number of halogens is 1. The Morgan fingerprint density at radius 3 is 2.34 bits per heavy atom. The first-order valence-corrected chi connectivity index (χ1v) is 12.5. The Morgan fingerprint density at radius 1 is 1.19 bits per heavy atom. The van der Waals surface area contributed by atoms with Crippen LogP contribution in [0, 0.1) is 0 Å². The largest absolute Gasteiger partial charge is 0.360 e. The Morgan fingerprint density at radius 2 is 1.81 bits per heavy atom. The maximum Gasteiger partial charge on any atom is 0.305 e. The second kappa shape index (κ2) is 9.39. The topological polar surface area (TPSA) is 101 Å². The smallest absolute Gasteiger partial charge is 0.305 e. The number of carbonyl (C=O) groups is 2. The molecular formula is C22H35FN6O2Si. The Labute approximate surface area is 190 Å². The Hall–Kier alpha value is -2.75. The van der Waals surface area contributed by atoms with Crippen molar-refractivity contribution in [3.63, 3.8) is 0 Å². The van der Waals surface area contributed by atoms with Crippen molar-refractivity contribution < 1.29 is 13.7 Å². The molecule has 176 valence electrons. The molecule has 2 aromatic rings. The van der Waals surface area contributed by atoms with Crippen LogP contribution < -0.4 is 21.3 Å². The standard InChI is InChI=1S/C22H35FN6O2Si/c1-15(20(31)27-16-10-9-11-24-13-16)26-18(30)14-25-17-12-19(29(8)28-17)32(23,21(2,3)4)22(5,6)7/h9-13,15H,14H2,1-8H3,(H,25,28)(H,26,30)(H,27,31). The molecular weight excluding hydrogens is 427 g/mol. The lowest BCUT2D eigenvalue weighted by Crippen LogP contribution is -2.60. The number of hydrogen-bond acceptors (Lipinski definition) is 5. The first kappa shape index (κ1) is 25.5. The van der Waals surface area contributed by atoms with Gasteiger partial charge in [0.15, 0.2) is 0 Å². The lowest BCUT2D eigenvalue weighted by atomic mass is 10.2. The van der Waals surface area contributed by atoms with E-state index < -0.39 is 24.5 Å². The maximum atomic E-state index is 16.6. The fourth-order valence-corrected chi connectivity index (χ4v) is 8.60. The molecule has 0 radical (unpaired) electrons. The maximum absolute atomic E-state index is 16.6. The minimum Gasteiger partial charge on any atom is -0.360 e. The predicted octanol–water partition coefficient (Wildman–Crippen LogP) is 3.09. The van der Waals surface area contributed by atoms with Gasteiger partial charge in [-0.05, 0) is 29.1 Å². The highest BCUT2D eigenvalue weighted by Crippen LogP contribution is 2.51. The predicted molar refractivity (Wildman–Crippen MR) is 128 cm³/mol. The molecule has 0 bridgehead atoms. The number of amides is 2. The zero-order valence-electron chi connectivity index (χ0n) is 20.2. The van der Waals surface area contributed by atoms with Crippen LogP contribution in [0.3, 0.4) is 0 Å². The molecule has 32 heavy (non-hydrogen) atoms. The molecule has 1 unspecified atom stereocenters. The van der Waals surface area contributed by atoms with E-state index in [1.807, 2.05) is 41.5 Å². The SMILES string of the molecule is CC(NC(=O)CNc1cc([Si](F)(C(C)(C)C)C(C)(C)C)n(C)n1)C(=O)Nc1cccnc1. The summed E-state index contributed by atoms with van der Waals surface area (Å²) in [6, 6.07) is 4.38. The molecule has 0 fully saturated rings. The van der Waals surface area contributed by atoms with Gasteiger partial charge in [-0.3, -0.25) is 19.3 Å². The van der Waals surface area contributed by atoms with Crippen molar-refractivity contribution in [2.75, 3.05) is 17.2 Å². The minimum atomic E-state index is -3.49. The Balaban J connectivity index is 2.03. The number of nitrogens with one attached hydrogen (secondary N) is 3. The van der Waals surface area contributed by atoms with Crippen LogP contribution in [-0.2, 0) is 16.6 Å². The van der Waals surface area contributed by atoms with E-state index in [4.69, 9.17) is 0 Å². The molecule has 2 aromatic heterocycles. The molecule has 2 rings (SSSR count). The Bertz CT molecular complexity index is 936. The molecule has 1 atom stereocenters. The molecule has 0 saturated carbocycles. The number of rotatable bonds is 7. The summed E-state index contributed by atoms with van der Waals surface area (Å²) in [5, 5.41) is 12.1. The van der Waals surface area contributed by atoms with Crippen LogP contribution in [0.1, 0.15) is 48.5 Å². The summed E-state index contributed by atoms with van der Waals surface area (Å²) >= 11 is 0. The van der Waals surface area contributed by atoms with E-state index in [1.165, 1.54) is 6.20 Å². The fraction of sp³-hybridized carbons (Fsp3) is 0.545. The normalized spacial score (nSPS) is 13.4. The van der Waals surface area contributed by atoms with Gasteiger partial charge in [-0.25, -0.2) is 0 Å². The van der Waals surface area contributed by atoms with Gasteiger partial charge in [0.1, 0.15) is 11.9 Å². The number of carbonyl (C=O) groups excluding carboxylic acids is 2. The summed E-state index contributed by atoms with van der Waals surface area (Å²) in [6.07, 6.45) is 3.13. The van der Waals surface area contributed by atoms with Crippen LogP contribution in [0.25, 0.3) is 0 Å². The van der Waals surface area contributed by atoms with E-state index in [-0.39, 0.29) is 18.4 Å². The van der Waals surface area contributed by atoms with Crippen molar-refractivity contribution in [2.45, 2.75) is 64.6 Å². The lowest BCUT2D eigenvalue weighted by Gasteiger charge is -2.44. The van der Waals surface area contributed by atoms with Crippen LogP contribution >= 0.6 is 0 Å². The molecule has 8 nitrogen and oxygen atoms in total. The van der Waals surface area contributed by atoms with Gasteiger partial charge in [0.2, 0.25) is 11.8 Å². The summed E-state index contributed by atoms with van der Waals surface area (Å²) < 4.78 is 18.1. The van der Waals surface area contributed by atoms with E-state index in [0.717, 1.165) is 0 Å². The highest BCUT2D eigenvalue weighted by atomic mass is 28.4. The molecule has 10 heteroatoms. The quantitative estimate of drug-likeness (QED) is 0.434. The Kier molecular flexibility index (Phi) is 7.49. The van der Waals surface area contributed by atoms with E-state index >= 15 is 4.11 Å². The van der Waals surface area contributed by atoms with Gasteiger partial charge in [0.05, 0.1) is 23.7 Å². The number of anilines is 2. The summed E-state index contributed by atoms with van der Waals surface area (Å²) in [5.41, 5.74) is 0.550. The van der Waals surface area contributed by atoms with Crippen LogP contribution in [0.4, 0.5) is 15.6 Å². The third-order valence-corrected chi connectivity index (χ3v) is 10.7. The first-order chi connectivity index (χ1) is 14.7. The zero-order valence-corrected chi connectivity index (χ0v) is 21.2. The van der Waals surface area contributed by atoms with Crippen LogP contribution in [0.15, 0.2) is 30.6 Å². The molecule has 0 aliphatic carbocycles. The molecule has 0 aromatic carbocycles. The summed E-state index contributed by atoms with van der Waals surface area (Å²) in [7, 11) is -1.76. The number of nitrogens with zero attached hydrogens (tertiary/aromatic N) is 3. The average Bonchev–Trinajstić information content (AvgIpc) is 3.05. The van der Waals surface area contributed by atoms with E-state index in [2.05, 4.69) is 26.0 Å². The first-order valence-electron chi connectivity index (χ1n) is 10.6. The van der Waals surface area contributed by atoms with Crippen molar-refractivity contribution in [3.8, 4) is 0 Å². The molecule has 0 spiro atoms. The van der Waals surface area contributed by atoms with Crippen molar-refractivity contribution in [1.29, 1.82) is 0 Å². The van der Waals surface area contributed by atoms with Gasteiger partial charge in [-0.1, -0.05) is 41.5 Å². The lowest BCUT2D eigenvalue weighted by molar-refractivity contribution is -0.125. The summed E-state index contributed by atoms with van der Waals surface area (Å²) in [4.78, 5) is 28.5. The van der Waals surface area contributed by atoms with E-state index in [9.17, 15) is 9.59 Å². The van der Waals surface area contributed by atoms with Gasteiger partial charge in [0.25, 0.3) is 0 Å². The summed E-state index contributed by atoms with van der Waals surface area (Å²) in [6.45, 7) is 13.1. The second-order valence-corrected chi connectivity index (χ2v) is 14.9. The minimum absolute atomic E-state index is 0.0904. The highest BCUT2D eigenvalue weighted by molar-refractivity contribution is 6.90. The average molecular weight is 463 g/mol. The van der Waals surface area contributed by atoms with Gasteiger partial charge in [0, 0.05) is 19.3 Å². The van der Waals surface area contributed by atoms with E-state index in [1.54, 1.807) is 43.0 Å². The zero-order chi connectivity index (χ0) is 24.3. The highest BCUT2D eigenvalue weighted by Gasteiger charge is 2.58. The number of aryl methyl sites for hydroxylation is 1. The molecule has 0 aliphatic rings. The van der Waals surface area contributed by atoms with Crippen LogP contribution in [0.2, 0.25) is 10.1 Å². The van der Waals surface area contributed by atoms with Crippen LogP contribution in [-0.4, -0.2) is 47.6 Å². The number of hydrogen-bond donors (Lipinski definition) is 3. The van der Waals surface area contributed by atoms with Gasteiger partial charge in [-0.2, -0.15) is 5.10 Å². The van der Waals surface area contributed by atoms with Gasteiger partial charge >= 0.3 is 8.41 Å². The third-order valence-electron chi connectivity index (χ3n) is 5.43. The summed E-state index contributed by atoms with van der Waals surface area (Å²) in [5.74, 6) is -0.301. The van der Waals surface area contributed by atoms with Crippen LogP contribution in [0.5, 0.6) is 0 Å². The number of aromatic nitrogens is 3. The third kappa shape index (κ3) is 5.53. The van der Waals surface area contributed by atoms with Crippen molar-refractivity contribution in [3.05, 3.63) is 30.6 Å². The molecule has 0 aliphatic heterocycles. The van der Waals surface area contributed by atoms with Crippen molar-refractivity contribution >= 4 is 37.0 Å². The molecule has 3 N–H and O–H groups in total. The fourth-order valence-electron chi connectivity index (χ4n) is 3.99. The monoisotopic (exact) mass is 462 g/mol. The van der Waals surface area contributed by atoms with Crippen molar-refractivity contribution in [1.82, 2.24) is 20.1 Å². The van der Waals surface area contributed by atoms with Gasteiger partial charge in [-0.15, -0.1) is 0 Å². The number of pyridine rings is 1. The van der Waals surface area contributed by atoms with Gasteiger partial charge < -0.3 is 20.1 Å².